The van der Waals surface area contributed by atoms with Crippen LogP contribution in [-0.4, -0.2) is 23.3 Å². The van der Waals surface area contributed by atoms with Gasteiger partial charge in [-0.15, -0.1) is 11.3 Å². The molecular formula is C22H19ClN2O4S. The van der Waals surface area contributed by atoms with Crippen molar-refractivity contribution in [2.24, 2.45) is 0 Å². The minimum atomic E-state index is -1.06. The number of benzene rings is 2. The summed E-state index contributed by atoms with van der Waals surface area (Å²) in [5.74, 6) is 0.593. The van der Waals surface area contributed by atoms with Crippen LogP contribution in [0.4, 0.5) is 4.79 Å². The second kappa shape index (κ2) is 8.01. The Morgan fingerprint density at radius 2 is 2.03 bits per heavy atom. The molecule has 1 atom stereocenters. The number of aromatic nitrogens is 1. The smallest absolute Gasteiger partial charge is 0.405 e. The highest BCUT2D eigenvalue weighted by Gasteiger charge is 2.19. The topological polar surface area (TPSA) is 91.4 Å². The normalized spacial score (nSPS) is 12.2. The first-order valence-electron chi connectivity index (χ1n) is 9.34. The monoisotopic (exact) mass is 442 g/mol. The highest BCUT2D eigenvalue weighted by Crippen LogP contribution is 2.43. The van der Waals surface area contributed by atoms with Crippen molar-refractivity contribution >= 4 is 50.0 Å². The van der Waals surface area contributed by atoms with Crippen LogP contribution >= 0.6 is 22.9 Å². The fourth-order valence-electron chi connectivity index (χ4n) is 3.77. The van der Waals surface area contributed by atoms with Gasteiger partial charge in [0.2, 0.25) is 0 Å². The van der Waals surface area contributed by atoms with Crippen LogP contribution < -0.4 is 15.6 Å². The SMILES string of the molecule is CCC(NC(=O)O)c1ccc(-c2c(OC)cc(Cl)c3[nH]c(=O)c4sccc4c23)cc1. The van der Waals surface area contributed by atoms with E-state index in [0.29, 0.717) is 27.4 Å². The number of hydrogen-bond acceptors (Lipinski definition) is 4. The van der Waals surface area contributed by atoms with E-state index < -0.39 is 6.09 Å². The summed E-state index contributed by atoms with van der Waals surface area (Å²) in [5.41, 5.74) is 2.96. The maximum Gasteiger partial charge on any atom is 0.405 e. The van der Waals surface area contributed by atoms with Gasteiger partial charge < -0.3 is 20.1 Å². The Labute approximate surface area is 181 Å². The fourth-order valence-corrected chi connectivity index (χ4v) is 4.81. The van der Waals surface area contributed by atoms with Crippen LogP contribution in [0.3, 0.4) is 0 Å². The van der Waals surface area contributed by atoms with Gasteiger partial charge in [-0.2, -0.15) is 0 Å². The number of methoxy groups -OCH3 is 1. The predicted molar refractivity (Wildman–Crippen MR) is 121 cm³/mol. The molecular weight excluding hydrogens is 424 g/mol. The molecule has 2 aromatic heterocycles. The summed E-state index contributed by atoms with van der Waals surface area (Å²) in [6.45, 7) is 1.92. The zero-order valence-corrected chi connectivity index (χ0v) is 17.9. The van der Waals surface area contributed by atoms with E-state index in [4.69, 9.17) is 21.4 Å². The van der Waals surface area contributed by atoms with Gasteiger partial charge in [0, 0.05) is 22.4 Å². The van der Waals surface area contributed by atoms with E-state index in [2.05, 4.69) is 10.3 Å². The van der Waals surface area contributed by atoms with Gasteiger partial charge in [-0.3, -0.25) is 4.79 Å². The molecule has 1 unspecified atom stereocenters. The predicted octanol–water partition coefficient (Wildman–Crippen LogP) is 5.79. The molecule has 0 saturated carbocycles. The molecule has 0 radical (unpaired) electrons. The highest BCUT2D eigenvalue weighted by atomic mass is 35.5. The molecule has 0 aliphatic heterocycles. The zero-order valence-electron chi connectivity index (χ0n) is 16.3. The van der Waals surface area contributed by atoms with Gasteiger partial charge in [0.25, 0.3) is 5.56 Å². The number of carbonyl (C=O) groups is 1. The van der Waals surface area contributed by atoms with Gasteiger partial charge >= 0.3 is 6.09 Å². The number of pyridine rings is 1. The molecule has 0 saturated heterocycles. The molecule has 0 aliphatic rings. The van der Waals surface area contributed by atoms with Gasteiger partial charge in [-0.25, -0.2) is 4.79 Å². The van der Waals surface area contributed by atoms with E-state index in [-0.39, 0.29) is 11.6 Å². The van der Waals surface area contributed by atoms with Crippen LogP contribution in [0.5, 0.6) is 5.75 Å². The van der Waals surface area contributed by atoms with Crippen molar-refractivity contribution in [3.63, 3.8) is 0 Å². The summed E-state index contributed by atoms with van der Waals surface area (Å²) in [6.07, 6.45) is -0.421. The van der Waals surface area contributed by atoms with Crippen LogP contribution in [0, 0.1) is 0 Å². The maximum atomic E-state index is 12.5. The number of thiophene rings is 1. The molecule has 2 heterocycles. The number of ether oxygens (including phenoxy) is 1. The minimum Gasteiger partial charge on any atom is -0.496 e. The van der Waals surface area contributed by atoms with E-state index in [1.54, 1.807) is 13.2 Å². The maximum absolute atomic E-state index is 12.5. The first kappa shape index (κ1) is 20.3. The molecule has 4 aromatic rings. The number of aromatic amines is 1. The average molecular weight is 443 g/mol. The second-order valence-corrected chi connectivity index (χ2v) is 8.16. The van der Waals surface area contributed by atoms with Crippen LogP contribution in [0.2, 0.25) is 5.02 Å². The molecule has 1 amide bonds. The molecule has 154 valence electrons. The third-order valence-electron chi connectivity index (χ3n) is 5.15. The Bertz CT molecular complexity index is 1310. The van der Waals surface area contributed by atoms with Gasteiger partial charge in [0.05, 0.1) is 23.7 Å². The van der Waals surface area contributed by atoms with Crippen LogP contribution in [0.15, 0.2) is 46.6 Å². The third kappa shape index (κ3) is 3.40. The van der Waals surface area contributed by atoms with Crippen molar-refractivity contribution in [3.8, 4) is 16.9 Å². The van der Waals surface area contributed by atoms with Gasteiger partial charge in [0.15, 0.2) is 0 Å². The van der Waals surface area contributed by atoms with Crippen molar-refractivity contribution in [3.05, 3.63) is 62.7 Å². The average Bonchev–Trinajstić information content (AvgIpc) is 3.23. The molecule has 3 N–H and O–H groups in total. The van der Waals surface area contributed by atoms with E-state index in [1.807, 2.05) is 42.6 Å². The number of rotatable bonds is 5. The second-order valence-electron chi connectivity index (χ2n) is 6.84. The zero-order chi connectivity index (χ0) is 21.4. The Kier molecular flexibility index (Phi) is 5.40. The molecule has 0 spiro atoms. The first-order chi connectivity index (χ1) is 14.4. The van der Waals surface area contributed by atoms with E-state index in [9.17, 15) is 9.59 Å². The van der Waals surface area contributed by atoms with Gasteiger partial charge in [-0.05, 0) is 29.0 Å². The third-order valence-corrected chi connectivity index (χ3v) is 6.36. The van der Waals surface area contributed by atoms with Gasteiger partial charge in [-0.1, -0.05) is 42.8 Å². The van der Waals surface area contributed by atoms with Crippen molar-refractivity contribution in [1.29, 1.82) is 0 Å². The van der Waals surface area contributed by atoms with Crippen molar-refractivity contribution in [2.45, 2.75) is 19.4 Å². The van der Waals surface area contributed by atoms with Crippen LogP contribution in [0.25, 0.3) is 32.1 Å². The molecule has 2 aromatic carbocycles. The number of H-pyrrole nitrogens is 1. The Balaban J connectivity index is 1.96. The number of amides is 1. The van der Waals surface area contributed by atoms with Crippen LogP contribution in [-0.2, 0) is 0 Å². The number of carboxylic acid groups (broad SMARTS) is 1. The van der Waals surface area contributed by atoms with Crippen molar-refractivity contribution < 1.29 is 14.6 Å². The van der Waals surface area contributed by atoms with E-state index in [0.717, 1.165) is 27.5 Å². The number of nitrogens with one attached hydrogen (secondary N) is 2. The van der Waals surface area contributed by atoms with Gasteiger partial charge in [0.1, 0.15) is 10.4 Å². The summed E-state index contributed by atoms with van der Waals surface area (Å²) in [7, 11) is 1.58. The largest absolute Gasteiger partial charge is 0.496 e. The summed E-state index contributed by atoms with van der Waals surface area (Å²) in [5, 5.41) is 15.5. The Morgan fingerprint density at radius 3 is 2.67 bits per heavy atom. The first-order valence-corrected chi connectivity index (χ1v) is 10.6. The lowest BCUT2D eigenvalue weighted by Crippen LogP contribution is -2.26. The summed E-state index contributed by atoms with van der Waals surface area (Å²) < 4.78 is 6.26. The quantitative estimate of drug-likeness (QED) is 0.364. The molecule has 0 aliphatic carbocycles. The fraction of sp³-hybridized carbons (Fsp3) is 0.182. The molecule has 6 nitrogen and oxygen atoms in total. The van der Waals surface area contributed by atoms with Crippen LogP contribution in [0.1, 0.15) is 24.9 Å². The highest BCUT2D eigenvalue weighted by molar-refractivity contribution is 7.17. The minimum absolute atomic E-state index is 0.175. The standard InChI is InChI=1S/C22H19ClN2O4S/c1-3-15(24-22(27)28)11-4-6-12(7-5-11)17-16(29-2)10-14(23)19-18(17)13-8-9-30-20(13)21(26)25-19/h4-10,15,24H,3H2,1-2H3,(H,25,26)(H,27,28). The molecule has 0 fully saturated rings. The molecule has 4 rings (SSSR count). The molecule has 0 bridgehead atoms. The van der Waals surface area contributed by atoms with Crippen molar-refractivity contribution in [2.75, 3.05) is 7.11 Å². The number of fused-ring (bicyclic) bond motifs is 3. The number of halogens is 1. The Hall–Kier alpha value is -3.03. The summed E-state index contributed by atoms with van der Waals surface area (Å²) in [6, 6.07) is 11.0. The summed E-state index contributed by atoms with van der Waals surface area (Å²) >= 11 is 7.84. The van der Waals surface area contributed by atoms with Crippen molar-refractivity contribution in [1.82, 2.24) is 10.3 Å². The number of hydrogen-bond donors (Lipinski definition) is 3. The summed E-state index contributed by atoms with van der Waals surface area (Å²) in [4.78, 5) is 26.4. The Morgan fingerprint density at radius 1 is 1.30 bits per heavy atom. The lowest BCUT2D eigenvalue weighted by molar-refractivity contribution is 0.189. The van der Waals surface area contributed by atoms with E-state index in [1.165, 1.54) is 11.3 Å². The molecule has 30 heavy (non-hydrogen) atoms. The lowest BCUT2D eigenvalue weighted by Gasteiger charge is -2.17. The lowest BCUT2D eigenvalue weighted by atomic mass is 9.95. The van der Waals surface area contributed by atoms with E-state index >= 15 is 0 Å². The molecule has 8 heteroatoms.